The van der Waals surface area contributed by atoms with Crippen LogP contribution in [0.2, 0.25) is 0 Å². The Morgan fingerprint density at radius 2 is 0.859 bits per heavy atom. The molecule has 8 aromatic carbocycles. The lowest BCUT2D eigenvalue weighted by Crippen LogP contribution is -2.26. The summed E-state index contributed by atoms with van der Waals surface area (Å²) in [5, 5.41) is 2.13. The van der Waals surface area contributed by atoms with Crippen LogP contribution in [0.5, 0.6) is 11.5 Å². The summed E-state index contributed by atoms with van der Waals surface area (Å²) in [6.07, 6.45) is 1.88. The maximum absolute atomic E-state index is 17.1. The van der Waals surface area contributed by atoms with Crippen LogP contribution < -0.4 is 14.5 Å². The normalized spacial score (nSPS) is 13.7. The van der Waals surface area contributed by atoms with Crippen molar-refractivity contribution < 1.29 is 26.7 Å². The number of benzene rings is 8. The molecule has 0 N–H and O–H groups in total. The smallest absolute Gasteiger partial charge is 0.200 e. The summed E-state index contributed by atoms with van der Waals surface area (Å²) in [7, 11) is 0. The Labute approximate surface area is 542 Å². The van der Waals surface area contributed by atoms with Crippen molar-refractivity contribution in [2.24, 2.45) is 0 Å². The van der Waals surface area contributed by atoms with Crippen molar-refractivity contribution in [3.05, 3.63) is 214 Å². The van der Waals surface area contributed by atoms with Gasteiger partial charge in [-0.05, 0) is 160 Å². The first-order chi connectivity index (χ1) is 42.6. The minimum absolute atomic E-state index is 0.0471. The number of hydrogen-bond acceptors (Lipinski definition) is 4. The average Bonchev–Trinajstić information content (AvgIpc) is 1.28. The van der Waals surface area contributed by atoms with Gasteiger partial charge in [0.15, 0.2) is 23.3 Å². The first-order valence-electron chi connectivity index (χ1n) is 32.1. The van der Waals surface area contributed by atoms with E-state index in [0.29, 0.717) is 28.3 Å². The zero-order valence-electron chi connectivity index (χ0n) is 57.7. The van der Waals surface area contributed by atoms with Crippen molar-refractivity contribution in [1.29, 1.82) is 0 Å². The summed E-state index contributed by atoms with van der Waals surface area (Å²) < 4.78 is 91.0. The first-order valence-corrected chi connectivity index (χ1v) is 32.1. The lowest BCUT2D eigenvalue weighted by atomic mass is 9.71. The number of pyridine rings is 1. The van der Waals surface area contributed by atoms with E-state index >= 15 is 22.0 Å². The number of ether oxygens (including phenoxy) is 1. The molecule has 0 radical (unpaired) electrons. The fourth-order valence-electron chi connectivity index (χ4n) is 12.8. The molecule has 0 bridgehead atoms. The number of aromatic nitrogens is 2. The predicted molar refractivity (Wildman–Crippen MR) is 374 cm³/mol. The molecular formula is C82H89F5N4O. The maximum Gasteiger partial charge on any atom is 0.200 e. The predicted octanol–water partition coefficient (Wildman–Crippen LogP) is 24.0. The Balaban J connectivity index is 1.20. The third kappa shape index (κ3) is 12.0. The van der Waals surface area contributed by atoms with Crippen LogP contribution in [-0.2, 0) is 37.9 Å². The van der Waals surface area contributed by atoms with Crippen molar-refractivity contribution in [3.8, 4) is 50.7 Å². The molecule has 10 heteroatoms. The molecule has 1 aliphatic rings. The van der Waals surface area contributed by atoms with Crippen LogP contribution in [0.15, 0.2) is 146 Å². The molecule has 0 aliphatic carbocycles. The van der Waals surface area contributed by atoms with Crippen LogP contribution in [0.1, 0.15) is 184 Å². The monoisotopic (exact) mass is 1240 g/mol. The summed E-state index contributed by atoms with van der Waals surface area (Å²) in [6.45, 7) is 45.7. The van der Waals surface area contributed by atoms with Gasteiger partial charge in [0, 0.05) is 45.9 Å². The summed E-state index contributed by atoms with van der Waals surface area (Å²) in [4.78, 5) is 9.11. The second-order valence-electron chi connectivity index (χ2n) is 32.6. The minimum atomic E-state index is -2.22. The molecule has 1 aliphatic heterocycles. The van der Waals surface area contributed by atoms with Gasteiger partial charge in [-0.1, -0.05) is 206 Å². The highest BCUT2D eigenvalue weighted by molar-refractivity contribution is 6.09. The second-order valence-corrected chi connectivity index (χ2v) is 32.6. The maximum atomic E-state index is 17.1. The Morgan fingerprint density at radius 1 is 0.370 bits per heavy atom. The Hall–Kier alpha value is -8.24. The molecule has 0 spiro atoms. The van der Waals surface area contributed by atoms with E-state index < -0.39 is 40.1 Å². The molecule has 3 heterocycles. The van der Waals surface area contributed by atoms with Gasteiger partial charge in [-0.3, -0.25) is 4.57 Å². The van der Waals surface area contributed by atoms with Gasteiger partial charge in [-0.15, -0.1) is 0 Å². The molecule has 0 fully saturated rings. The highest BCUT2D eigenvalue weighted by Crippen LogP contribution is 2.55. The number of anilines is 4. The van der Waals surface area contributed by atoms with E-state index in [9.17, 15) is 0 Å². The number of hydrogen-bond donors (Lipinski definition) is 0. The minimum Gasteiger partial charge on any atom is -0.457 e. The van der Waals surface area contributed by atoms with E-state index in [0.717, 1.165) is 72.4 Å². The second kappa shape index (κ2) is 22.5. The number of halogens is 5. The van der Waals surface area contributed by atoms with Crippen LogP contribution in [0, 0.1) is 29.1 Å². The van der Waals surface area contributed by atoms with Crippen molar-refractivity contribution in [2.45, 2.75) is 183 Å². The van der Waals surface area contributed by atoms with Crippen molar-refractivity contribution >= 4 is 44.6 Å². The molecule has 0 amide bonds. The molecule has 0 saturated carbocycles. The van der Waals surface area contributed by atoms with Crippen LogP contribution in [0.4, 0.5) is 44.7 Å². The van der Waals surface area contributed by atoms with Crippen molar-refractivity contribution in [2.75, 3.05) is 16.5 Å². The SMILES string of the molecule is CC(C)(C)c1cc(-c2cc(C(C)(C)C)cc(-c3c(F)c(F)c(F)c(F)c3F)c2N2CN(c3cc(Oc4ccc5c6ccccc6n(-c6cc(C(C)(C)C)ccn6)c5c4)cc(-c4c(C(C)(C)C)cc(C(C)(C)C)cc4C(C)(C)C)c3)c3ccccc32)cc(C(C)(C)C)c1. The molecule has 5 nitrogen and oxygen atoms in total. The molecule has 92 heavy (non-hydrogen) atoms. The number of fused-ring (bicyclic) bond motifs is 4. The molecule has 0 unspecified atom stereocenters. The number of para-hydroxylation sites is 3. The zero-order valence-corrected chi connectivity index (χ0v) is 57.7. The third-order valence-corrected chi connectivity index (χ3v) is 18.3. The van der Waals surface area contributed by atoms with Gasteiger partial charge in [-0.2, -0.15) is 0 Å². The number of rotatable bonds is 8. The van der Waals surface area contributed by atoms with Gasteiger partial charge >= 0.3 is 0 Å². The van der Waals surface area contributed by atoms with E-state index in [4.69, 9.17) is 9.72 Å². The Bertz CT molecular complexity index is 4480. The van der Waals surface area contributed by atoms with Gasteiger partial charge in [0.2, 0.25) is 5.82 Å². The fraction of sp³-hybridized carbons (Fsp3) is 0.354. The van der Waals surface area contributed by atoms with Gasteiger partial charge in [-0.25, -0.2) is 26.9 Å². The summed E-state index contributed by atoms with van der Waals surface area (Å²) >= 11 is 0. The van der Waals surface area contributed by atoms with E-state index in [-0.39, 0.29) is 50.4 Å². The molecule has 0 saturated heterocycles. The molecule has 2 aromatic heterocycles. The quantitative estimate of drug-likeness (QED) is 0.0862. The molecule has 11 rings (SSSR count). The van der Waals surface area contributed by atoms with Gasteiger partial charge in [0.25, 0.3) is 0 Å². The lowest BCUT2D eigenvalue weighted by Gasteiger charge is -2.34. The van der Waals surface area contributed by atoms with Crippen LogP contribution in [0.3, 0.4) is 0 Å². The van der Waals surface area contributed by atoms with E-state index in [2.05, 4.69) is 219 Å². The van der Waals surface area contributed by atoms with Crippen LogP contribution in [0.25, 0.3) is 61.0 Å². The van der Waals surface area contributed by atoms with Gasteiger partial charge < -0.3 is 14.5 Å². The Kier molecular flexibility index (Phi) is 16.0. The standard InChI is InChI=1S/C82H89F5N4O/c1-76(2,3)49-32-33-88-67(43-49)91-63-27-23-22-26-57(63)58-31-30-55(45-66(58)91)92-56-37-48(68-61(81(16,17)18)41-53(80(13,14)15)42-62(68)82(19,20)21)36-54(44-56)89-46-90(65-29-25-24-28-64(65)89)75-59(47-34-50(77(4,5)6)38-51(35-47)78(7,8)9)39-52(79(10,11)12)40-60(75)69-70(83)72(85)74(87)73(86)71(69)84/h22-45H,46H2,1-21H3. The highest BCUT2D eigenvalue weighted by Gasteiger charge is 2.38. The Morgan fingerprint density at radius 3 is 1.41 bits per heavy atom. The van der Waals surface area contributed by atoms with Crippen molar-refractivity contribution in [1.82, 2.24) is 9.55 Å². The topological polar surface area (TPSA) is 33.5 Å². The highest BCUT2D eigenvalue weighted by atomic mass is 19.2. The van der Waals surface area contributed by atoms with Crippen LogP contribution >= 0.6 is 0 Å². The van der Waals surface area contributed by atoms with E-state index in [1.165, 1.54) is 16.7 Å². The average molecular weight is 1240 g/mol. The fourth-order valence-corrected chi connectivity index (χ4v) is 12.8. The summed E-state index contributed by atoms with van der Waals surface area (Å²) in [6, 6.07) is 47.8. The largest absolute Gasteiger partial charge is 0.457 e. The molecular weight excluding hydrogens is 1150 g/mol. The third-order valence-electron chi connectivity index (χ3n) is 18.3. The van der Waals surface area contributed by atoms with E-state index in [1.807, 2.05) is 80.4 Å². The first kappa shape index (κ1) is 65.3. The van der Waals surface area contributed by atoms with E-state index in [1.54, 1.807) is 6.07 Å². The zero-order chi connectivity index (χ0) is 67.1. The lowest BCUT2D eigenvalue weighted by molar-refractivity contribution is 0.381. The molecule has 10 aromatic rings. The van der Waals surface area contributed by atoms with Crippen LogP contribution in [-0.4, -0.2) is 16.2 Å². The molecule has 0 atom stereocenters. The van der Waals surface area contributed by atoms with Gasteiger partial charge in [0.1, 0.15) is 24.0 Å². The molecule has 478 valence electrons. The van der Waals surface area contributed by atoms with Gasteiger partial charge in [0.05, 0.1) is 33.7 Å². The summed E-state index contributed by atoms with van der Waals surface area (Å²) in [5.74, 6) is -8.13. The van der Waals surface area contributed by atoms with Crippen molar-refractivity contribution in [3.63, 3.8) is 0 Å². The number of nitrogens with zero attached hydrogens (tertiary/aromatic N) is 4. The summed E-state index contributed by atoms with van der Waals surface area (Å²) in [5.41, 5.74) is 11.6.